The van der Waals surface area contributed by atoms with Crippen molar-refractivity contribution in [3.63, 3.8) is 0 Å². The van der Waals surface area contributed by atoms with Crippen molar-refractivity contribution < 1.29 is 17.9 Å². The van der Waals surface area contributed by atoms with E-state index in [2.05, 4.69) is 4.72 Å². The van der Waals surface area contributed by atoms with Crippen LogP contribution < -0.4 is 4.72 Å². The zero-order valence-corrected chi connectivity index (χ0v) is 15.0. The highest BCUT2D eigenvalue weighted by Gasteiger charge is 2.32. The Balaban J connectivity index is 2.42. The monoisotopic (exact) mass is 365 g/mol. The van der Waals surface area contributed by atoms with Crippen LogP contribution in [0, 0.1) is 0 Å². The average Bonchev–Trinajstić information content (AvgIpc) is 2.62. The van der Waals surface area contributed by atoms with E-state index in [1.807, 2.05) is 30.3 Å². The van der Waals surface area contributed by atoms with E-state index in [4.69, 9.17) is 21.7 Å². The highest BCUT2D eigenvalue weighted by molar-refractivity contribution is 7.89. The Bertz CT molecular complexity index is 764. The first-order valence-corrected chi connectivity index (χ1v) is 9.11. The molecule has 0 aromatic heterocycles. The van der Waals surface area contributed by atoms with Gasteiger partial charge in [0.25, 0.3) is 0 Å². The molecule has 1 N–H and O–H groups in total. The fourth-order valence-electron chi connectivity index (χ4n) is 2.28. The van der Waals surface area contributed by atoms with Crippen LogP contribution in [0.15, 0.2) is 65.6 Å². The van der Waals surface area contributed by atoms with Gasteiger partial charge < -0.3 is 9.47 Å². The molecule has 5 nitrogen and oxygen atoms in total. The van der Waals surface area contributed by atoms with E-state index in [0.717, 1.165) is 5.56 Å². The fourth-order valence-corrected chi connectivity index (χ4v) is 3.76. The summed E-state index contributed by atoms with van der Waals surface area (Å²) in [5.74, 6) is 0. The van der Waals surface area contributed by atoms with Gasteiger partial charge in [0.05, 0.1) is 18.0 Å². The molecule has 0 saturated carbocycles. The molecule has 2 atom stereocenters. The Morgan fingerprint density at radius 1 is 1.00 bits per heavy atom. The Hall–Kier alpha value is -1.80. The van der Waals surface area contributed by atoms with E-state index in [0.29, 0.717) is 0 Å². The van der Waals surface area contributed by atoms with E-state index in [1.165, 1.54) is 26.4 Å². The van der Waals surface area contributed by atoms with Crippen molar-refractivity contribution in [2.24, 2.45) is 0 Å². The molecular weight excluding hydrogens is 346 g/mol. The van der Waals surface area contributed by atoms with E-state index in [1.54, 1.807) is 18.2 Å². The highest BCUT2D eigenvalue weighted by Crippen LogP contribution is 2.23. The maximum atomic E-state index is 12.7. The predicted octanol–water partition coefficient (Wildman–Crippen LogP) is 2.70. The van der Waals surface area contributed by atoms with Gasteiger partial charge in [0.2, 0.25) is 10.0 Å². The van der Waals surface area contributed by atoms with Gasteiger partial charge in [-0.1, -0.05) is 48.5 Å². The molecule has 0 bridgehead atoms. The number of benzene rings is 2. The molecule has 0 aliphatic rings. The van der Waals surface area contributed by atoms with Crippen molar-refractivity contribution in [3.05, 3.63) is 66.2 Å². The fraction of sp³-hybridized carbons (Fsp3) is 0.235. The van der Waals surface area contributed by atoms with Crippen LogP contribution in [-0.2, 0) is 19.5 Å². The van der Waals surface area contributed by atoms with Gasteiger partial charge in [-0.25, -0.2) is 13.1 Å². The molecule has 0 aliphatic carbocycles. The molecule has 0 amide bonds. The molecule has 2 aromatic rings. The molecule has 24 heavy (non-hydrogen) atoms. The lowest BCUT2D eigenvalue weighted by Crippen LogP contribution is -2.41. The van der Waals surface area contributed by atoms with Crippen molar-refractivity contribution in [3.8, 4) is 0 Å². The minimum atomic E-state index is -3.75. The standard InChI is InChI=1S/C17H19NO4S2/c1-21-16(17(23)22-2)15(13-9-5-3-6-10-13)18-24(19,20)14-11-7-4-8-12-14/h3-12,15-16,18H,1-2H3/t15-,16+/m1/s1. The average molecular weight is 365 g/mol. The molecule has 0 radical (unpaired) electrons. The second kappa shape index (κ2) is 8.34. The quantitative estimate of drug-likeness (QED) is 0.765. The Labute approximate surface area is 147 Å². The Kier molecular flexibility index (Phi) is 6.44. The van der Waals surface area contributed by atoms with Gasteiger partial charge in [-0.2, -0.15) is 0 Å². The van der Waals surface area contributed by atoms with Crippen molar-refractivity contribution in [2.45, 2.75) is 17.0 Å². The smallest absolute Gasteiger partial charge is 0.241 e. The van der Waals surface area contributed by atoms with Gasteiger partial charge >= 0.3 is 0 Å². The number of rotatable bonds is 7. The van der Waals surface area contributed by atoms with Crippen molar-refractivity contribution in [1.82, 2.24) is 4.72 Å². The number of nitrogens with one attached hydrogen (secondary N) is 1. The van der Waals surface area contributed by atoms with Gasteiger partial charge in [-0.3, -0.25) is 0 Å². The summed E-state index contributed by atoms with van der Waals surface area (Å²) in [5, 5.41) is 0.169. The molecule has 2 rings (SSSR count). The number of ether oxygens (including phenoxy) is 2. The first kappa shape index (κ1) is 18.5. The Morgan fingerprint density at radius 2 is 1.54 bits per heavy atom. The summed E-state index contributed by atoms with van der Waals surface area (Å²) in [7, 11) is -0.856. The number of sulfonamides is 1. The normalized spacial score (nSPS) is 13.9. The van der Waals surface area contributed by atoms with E-state index in [-0.39, 0.29) is 9.95 Å². The summed E-state index contributed by atoms with van der Waals surface area (Å²) < 4.78 is 38.6. The number of thiocarbonyl (C=S) groups is 1. The summed E-state index contributed by atoms with van der Waals surface area (Å²) in [5.41, 5.74) is 0.725. The second-order valence-corrected chi connectivity index (χ2v) is 7.12. The summed E-state index contributed by atoms with van der Waals surface area (Å²) in [6, 6.07) is 16.5. The van der Waals surface area contributed by atoms with Gasteiger partial charge in [0, 0.05) is 7.11 Å². The number of hydrogen-bond donors (Lipinski definition) is 1. The van der Waals surface area contributed by atoms with Gasteiger partial charge in [-0.15, -0.1) is 0 Å². The summed E-state index contributed by atoms with van der Waals surface area (Å²) in [4.78, 5) is 0.170. The van der Waals surface area contributed by atoms with E-state index < -0.39 is 22.2 Å². The minimum Gasteiger partial charge on any atom is -0.488 e. The molecule has 7 heteroatoms. The SMILES string of the molecule is COC(=S)[C@@H](OC)[C@H](NS(=O)(=O)c1ccccc1)c1ccccc1. The number of methoxy groups -OCH3 is 2. The van der Waals surface area contributed by atoms with Crippen LogP contribution in [0.2, 0.25) is 0 Å². The van der Waals surface area contributed by atoms with Crippen molar-refractivity contribution >= 4 is 27.3 Å². The van der Waals surface area contributed by atoms with Crippen LogP contribution in [0.25, 0.3) is 0 Å². The maximum Gasteiger partial charge on any atom is 0.241 e. The predicted molar refractivity (Wildman–Crippen MR) is 96.4 cm³/mol. The highest BCUT2D eigenvalue weighted by atomic mass is 32.2. The third kappa shape index (κ3) is 4.39. The molecular formula is C17H19NO4S2. The Morgan fingerprint density at radius 3 is 2.04 bits per heavy atom. The molecule has 0 heterocycles. The zero-order valence-electron chi connectivity index (χ0n) is 13.4. The van der Waals surface area contributed by atoms with Crippen LogP contribution in [-0.4, -0.2) is 33.8 Å². The largest absolute Gasteiger partial charge is 0.488 e. The zero-order chi connectivity index (χ0) is 17.6. The van der Waals surface area contributed by atoms with Crippen LogP contribution in [0.5, 0.6) is 0 Å². The van der Waals surface area contributed by atoms with Crippen molar-refractivity contribution in [1.29, 1.82) is 0 Å². The molecule has 0 saturated heterocycles. The summed E-state index contributed by atoms with van der Waals surface area (Å²) >= 11 is 5.18. The topological polar surface area (TPSA) is 64.6 Å². The van der Waals surface area contributed by atoms with Gasteiger partial charge in [0.1, 0.15) is 6.10 Å². The lowest BCUT2D eigenvalue weighted by atomic mass is 10.0. The molecule has 0 aliphatic heterocycles. The number of hydrogen-bond acceptors (Lipinski definition) is 5. The first-order valence-electron chi connectivity index (χ1n) is 7.22. The van der Waals surface area contributed by atoms with E-state index >= 15 is 0 Å². The van der Waals surface area contributed by atoms with Crippen LogP contribution >= 0.6 is 12.2 Å². The minimum absolute atomic E-state index is 0.169. The molecule has 0 unspecified atom stereocenters. The lowest BCUT2D eigenvalue weighted by molar-refractivity contribution is 0.111. The van der Waals surface area contributed by atoms with Gasteiger partial charge in [0.15, 0.2) is 5.05 Å². The summed E-state index contributed by atoms with van der Waals surface area (Å²) in [6.45, 7) is 0. The third-order valence-electron chi connectivity index (χ3n) is 3.48. The van der Waals surface area contributed by atoms with E-state index in [9.17, 15) is 8.42 Å². The molecule has 0 fully saturated rings. The lowest BCUT2D eigenvalue weighted by Gasteiger charge is -2.27. The van der Waals surface area contributed by atoms with Gasteiger partial charge in [-0.05, 0) is 29.9 Å². The van der Waals surface area contributed by atoms with Crippen LogP contribution in [0.4, 0.5) is 0 Å². The summed E-state index contributed by atoms with van der Waals surface area (Å²) in [6.07, 6.45) is -0.745. The second-order valence-electron chi connectivity index (χ2n) is 5.00. The third-order valence-corrected chi connectivity index (χ3v) is 5.34. The maximum absolute atomic E-state index is 12.7. The molecule has 128 valence electrons. The van der Waals surface area contributed by atoms with Crippen molar-refractivity contribution in [2.75, 3.05) is 14.2 Å². The van der Waals surface area contributed by atoms with Crippen LogP contribution in [0.3, 0.4) is 0 Å². The van der Waals surface area contributed by atoms with Crippen LogP contribution in [0.1, 0.15) is 11.6 Å². The first-order chi connectivity index (χ1) is 11.5. The molecule has 0 spiro atoms. The molecule has 2 aromatic carbocycles.